The molecule has 0 bridgehead atoms. The Morgan fingerprint density at radius 3 is 2.88 bits per heavy atom. The van der Waals surface area contributed by atoms with E-state index >= 15 is 0 Å². The third kappa shape index (κ3) is 3.13. The van der Waals surface area contributed by atoms with Crippen LogP contribution in [0.2, 0.25) is 0 Å². The Kier molecular flexibility index (Phi) is 4.55. The van der Waals surface area contributed by atoms with E-state index in [0.29, 0.717) is 12.0 Å². The molecule has 0 saturated heterocycles. The minimum atomic E-state index is 0.353. The van der Waals surface area contributed by atoms with E-state index in [4.69, 9.17) is 0 Å². The third-order valence-corrected chi connectivity index (χ3v) is 4.13. The van der Waals surface area contributed by atoms with Gasteiger partial charge in [0, 0.05) is 29.6 Å². The number of aromatic nitrogens is 5. The molecule has 3 heterocycles. The molecule has 3 aromatic rings. The molecule has 1 atom stereocenters. The second-order valence-corrected chi connectivity index (χ2v) is 5.83. The second kappa shape index (κ2) is 6.78. The highest BCUT2D eigenvalue weighted by Crippen LogP contribution is 2.25. The first kappa shape index (κ1) is 16.1. The maximum atomic E-state index is 4.61. The van der Waals surface area contributed by atoms with Crippen molar-refractivity contribution in [1.82, 2.24) is 24.6 Å². The molecule has 0 aliphatic carbocycles. The number of aryl methyl sites for hydroxylation is 1. The summed E-state index contributed by atoms with van der Waals surface area (Å²) in [5.74, 6) is 0.674. The van der Waals surface area contributed by atoms with Gasteiger partial charge in [0.2, 0.25) is 5.95 Å². The summed E-state index contributed by atoms with van der Waals surface area (Å²) >= 11 is 0. The average Bonchev–Trinajstić information content (AvgIpc) is 3.05. The molecule has 6 heteroatoms. The maximum absolute atomic E-state index is 4.61. The van der Waals surface area contributed by atoms with Crippen LogP contribution in [0.4, 0.5) is 5.95 Å². The Balaban J connectivity index is 1.96. The zero-order valence-corrected chi connectivity index (χ0v) is 14.5. The smallest absolute Gasteiger partial charge is 0.223 e. The molecule has 0 saturated carbocycles. The Morgan fingerprint density at radius 1 is 1.33 bits per heavy atom. The number of allylic oxidation sites excluding steroid dienone is 1. The Bertz CT molecular complexity index is 880. The van der Waals surface area contributed by atoms with E-state index in [1.807, 2.05) is 38.4 Å². The Morgan fingerprint density at radius 2 is 2.17 bits per heavy atom. The fourth-order valence-electron chi connectivity index (χ4n) is 2.58. The van der Waals surface area contributed by atoms with E-state index in [2.05, 4.69) is 45.3 Å². The van der Waals surface area contributed by atoms with Gasteiger partial charge in [0.05, 0.1) is 5.69 Å². The maximum Gasteiger partial charge on any atom is 0.223 e. The molecule has 0 spiro atoms. The van der Waals surface area contributed by atoms with Crippen LogP contribution in [0.3, 0.4) is 0 Å². The number of hydrogen-bond acceptors (Lipinski definition) is 5. The second-order valence-electron chi connectivity index (χ2n) is 5.83. The van der Waals surface area contributed by atoms with Gasteiger partial charge in [-0.2, -0.15) is 5.10 Å². The molecule has 24 heavy (non-hydrogen) atoms. The minimum Gasteiger partial charge on any atom is -0.352 e. The Hall–Kier alpha value is -2.76. The zero-order valence-electron chi connectivity index (χ0n) is 14.5. The van der Waals surface area contributed by atoms with Crippen LogP contribution in [0.1, 0.15) is 44.0 Å². The normalized spacial score (nSPS) is 13.2. The molecule has 0 aliphatic heterocycles. The van der Waals surface area contributed by atoms with E-state index < -0.39 is 0 Å². The van der Waals surface area contributed by atoms with Gasteiger partial charge in [0.1, 0.15) is 6.33 Å². The highest BCUT2D eigenvalue weighted by Gasteiger charge is 2.12. The van der Waals surface area contributed by atoms with Crippen molar-refractivity contribution >= 4 is 17.2 Å². The molecule has 1 unspecified atom stereocenters. The van der Waals surface area contributed by atoms with Gasteiger partial charge in [-0.25, -0.2) is 19.5 Å². The number of nitrogens with one attached hydrogen (secondary N) is 1. The number of nitrogens with zero attached hydrogens (tertiary/aromatic N) is 5. The first-order valence-corrected chi connectivity index (χ1v) is 8.19. The van der Waals surface area contributed by atoms with Crippen LogP contribution >= 0.6 is 0 Å². The molecular weight excluding hydrogens is 300 g/mol. The summed E-state index contributed by atoms with van der Waals surface area (Å²) in [5, 5.41) is 7.52. The number of hydrogen-bond donors (Lipinski definition) is 1. The molecule has 0 radical (unpaired) electrons. The van der Waals surface area contributed by atoms with Crippen LogP contribution in [0.5, 0.6) is 0 Å². The molecule has 3 rings (SSSR count). The molecule has 0 fully saturated rings. The van der Waals surface area contributed by atoms with E-state index in [9.17, 15) is 0 Å². The highest BCUT2D eigenvalue weighted by molar-refractivity contribution is 5.80. The summed E-state index contributed by atoms with van der Waals surface area (Å²) in [4.78, 5) is 13.3. The molecule has 6 nitrogen and oxygen atoms in total. The zero-order chi connectivity index (χ0) is 17.1. The quantitative estimate of drug-likeness (QED) is 0.779. The summed E-state index contributed by atoms with van der Waals surface area (Å²) in [6.07, 6.45) is 8.52. The minimum absolute atomic E-state index is 0.353. The van der Waals surface area contributed by atoms with Gasteiger partial charge in [-0.1, -0.05) is 13.0 Å². The summed E-state index contributed by atoms with van der Waals surface area (Å²) < 4.78 is 1.77. The van der Waals surface area contributed by atoms with Gasteiger partial charge in [-0.05, 0) is 44.9 Å². The van der Waals surface area contributed by atoms with Crippen molar-refractivity contribution in [2.45, 2.75) is 40.2 Å². The molecule has 0 aliphatic rings. The lowest BCUT2D eigenvalue weighted by atomic mass is 9.99. The van der Waals surface area contributed by atoms with Crippen molar-refractivity contribution in [2.24, 2.45) is 0 Å². The number of fused-ring (bicyclic) bond motifs is 1. The standard InChI is InChI=1S/C18H22N6/c1-5-12(3)22-18-19-9-16(13(4)23-18)15(6-2)14-7-8-17-20-11-21-24(17)10-14/h6-12H,5H2,1-4H3,(H,19,22,23)/b15-6-. The van der Waals surface area contributed by atoms with Gasteiger partial charge in [-0.3, -0.25) is 0 Å². The lowest BCUT2D eigenvalue weighted by Crippen LogP contribution is -2.16. The highest BCUT2D eigenvalue weighted by atomic mass is 15.3. The predicted octanol–water partition coefficient (Wildman–Crippen LogP) is 3.49. The molecular formula is C18H22N6. The summed E-state index contributed by atoms with van der Waals surface area (Å²) in [7, 11) is 0. The first-order valence-electron chi connectivity index (χ1n) is 8.19. The van der Waals surface area contributed by atoms with Gasteiger partial charge >= 0.3 is 0 Å². The number of rotatable bonds is 5. The Labute approximate surface area is 141 Å². The van der Waals surface area contributed by atoms with Crippen molar-refractivity contribution in [3.8, 4) is 0 Å². The first-order chi connectivity index (χ1) is 11.6. The fourth-order valence-corrected chi connectivity index (χ4v) is 2.58. The third-order valence-electron chi connectivity index (χ3n) is 4.13. The summed E-state index contributed by atoms with van der Waals surface area (Å²) in [5.41, 5.74) is 4.94. The predicted molar refractivity (Wildman–Crippen MR) is 95.9 cm³/mol. The molecule has 3 aromatic heterocycles. The van der Waals surface area contributed by atoms with Crippen molar-refractivity contribution in [2.75, 3.05) is 5.32 Å². The lowest BCUT2D eigenvalue weighted by molar-refractivity contribution is 0.751. The van der Waals surface area contributed by atoms with Crippen LogP contribution in [0, 0.1) is 6.92 Å². The number of anilines is 1. The summed E-state index contributed by atoms with van der Waals surface area (Å²) in [6, 6.07) is 4.36. The van der Waals surface area contributed by atoms with E-state index in [0.717, 1.165) is 34.5 Å². The van der Waals surface area contributed by atoms with Crippen molar-refractivity contribution in [3.05, 3.63) is 53.8 Å². The summed E-state index contributed by atoms with van der Waals surface area (Å²) in [6.45, 7) is 8.29. The van der Waals surface area contributed by atoms with E-state index in [-0.39, 0.29) is 0 Å². The van der Waals surface area contributed by atoms with Crippen molar-refractivity contribution in [1.29, 1.82) is 0 Å². The lowest BCUT2D eigenvalue weighted by Gasteiger charge is -2.14. The molecule has 0 amide bonds. The van der Waals surface area contributed by atoms with Crippen LogP contribution in [-0.2, 0) is 0 Å². The van der Waals surface area contributed by atoms with Gasteiger partial charge in [-0.15, -0.1) is 0 Å². The van der Waals surface area contributed by atoms with Crippen LogP contribution in [0.15, 0.2) is 36.9 Å². The van der Waals surface area contributed by atoms with Gasteiger partial charge in [0.15, 0.2) is 5.65 Å². The van der Waals surface area contributed by atoms with Crippen molar-refractivity contribution in [3.63, 3.8) is 0 Å². The molecule has 0 aromatic carbocycles. The van der Waals surface area contributed by atoms with Crippen molar-refractivity contribution < 1.29 is 0 Å². The van der Waals surface area contributed by atoms with Gasteiger partial charge in [0.25, 0.3) is 0 Å². The van der Waals surface area contributed by atoms with Gasteiger partial charge < -0.3 is 5.32 Å². The topological polar surface area (TPSA) is 68.0 Å². The SMILES string of the molecule is C/C=C(/c1ccc2ncnn2c1)c1cnc(NC(C)CC)nc1C. The van der Waals surface area contributed by atoms with Crippen LogP contribution in [0.25, 0.3) is 11.2 Å². The molecule has 1 N–H and O–H groups in total. The average molecular weight is 322 g/mol. The monoisotopic (exact) mass is 322 g/mol. The largest absolute Gasteiger partial charge is 0.352 e. The number of pyridine rings is 1. The fraction of sp³-hybridized carbons (Fsp3) is 0.333. The van der Waals surface area contributed by atoms with Crippen LogP contribution in [-0.4, -0.2) is 30.6 Å². The van der Waals surface area contributed by atoms with E-state index in [1.54, 1.807) is 10.8 Å². The molecule has 124 valence electrons. The van der Waals surface area contributed by atoms with Crippen LogP contribution < -0.4 is 5.32 Å². The van der Waals surface area contributed by atoms with E-state index in [1.165, 1.54) is 0 Å².